The maximum absolute atomic E-state index is 11.6. The molecule has 2 atom stereocenters. The van der Waals surface area contributed by atoms with E-state index in [1.165, 1.54) is 11.8 Å². The summed E-state index contributed by atoms with van der Waals surface area (Å²) >= 11 is 13.2. The predicted octanol–water partition coefficient (Wildman–Crippen LogP) is 6.03. The zero-order valence-electron chi connectivity index (χ0n) is 19.0. The molecule has 0 bridgehead atoms. The van der Waals surface area contributed by atoms with Crippen LogP contribution in [-0.4, -0.2) is 24.8 Å². The molecular formula is C25H21ClN4O3S3. The number of pyridine rings is 1. The van der Waals surface area contributed by atoms with Gasteiger partial charge in [0, 0.05) is 27.5 Å². The van der Waals surface area contributed by atoms with Gasteiger partial charge in [-0.05, 0) is 85.0 Å². The second-order valence-corrected chi connectivity index (χ2v) is 11.8. The van der Waals surface area contributed by atoms with Crippen molar-refractivity contribution in [2.45, 2.75) is 22.1 Å². The van der Waals surface area contributed by atoms with Gasteiger partial charge in [0.1, 0.15) is 11.8 Å². The van der Waals surface area contributed by atoms with Crippen molar-refractivity contribution < 1.29 is 12.8 Å². The van der Waals surface area contributed by atoms with E-state index in [0.29, 0.717) is 21.6 Å². The van der Waals surface area contributed by atoms with Gasteiger partial charge in [-0.2, -0.15) is 0 Å². The number of thiocarbonyl (C=S) groups is 1. The number of halogens is 1. The normalized spacial score (nSPS) is 17.7. The van der Waals surface area contributed by atoms with Crippen LogP contribution in [-0.2, 0) is 10.0 Å². The fraction of sp³-hybridized carbons (Fsp3) is 0.120. The molecule has 11 heteroatoms. The topological polar surface area (TPSA) is 87.5 Å². The molecule has 2 N–H and O–H groups in total. The highest BCUT2D eigenvalue weighted by Gasteiger charge is 2.42. The Labute approximate surface area is 223 Å². The lowest BCUT2D eigenvalue weighted by molar-refractivity contribution is 0.383. The fourth-order valence-electron chi connectivity index (χ4n) is 3.99. The number of furan rings is 1. The van der Waals surface area contributed by atoms with Crippen molar-refractivity contribution >= 4 is 62.1 Å². The van der Waals surface area contributed by atoms with Crippen LogP contribution in [0.3, 0.4) is 0 Å². The Morgan fingerprint density at radius 3 is 2.47 bits per heavy atom. The van der Waals surface area contributed by atoms with Gasteiger partial charge in [0.2, 0.25) is 10.0 Å². The Morgan fingerprint density at radius 1 is 1.06 bits per heavy atom. The quantitative estimate of drug-likeness (QED) is 0.267. The molecule has 0 amide bonds. The van der Waals surface area contributed by atoms with Gasteiger partial charge in [0.25, 0.3) is 0 Å². The molecule has 36 heavy (non-hydrogen) atoms. The van der Waals surface area contributed by atoms with Gasteiger partial charge in [-0.3, -0.25) is 9.71 Å². The van der Waals surface area contributed by atoms with E-state index in [1.54, 1.807) is 18.3 Å². The van der Waals surface area contributed by atoms with Crippen LogP contribution in [0.1, 0.15) is 23.5 Å². The number of benzene rings is 2. The Bertz CT molecular complexity index is 1480. The highest BCUT2D eigenvalue weighted by atomic mass is 35.5. The molecule has 7 nitrogen and oxygen atoms in total. The Kier molecular flexibility index (Phi) is 6.94. The number of anilines is 2. The van der Waals surface area contributed by atoms with E-state index in [1.807, 2.05) is 71.6 Å². The summed E-state index contributed by atoms with van der Waals surface area (Å²) in [7, 11) is -3.38. The van der Waals surface area contributed by atoms with E-state index >= 15 is 0 Å². The molecule has 184 valence electrons. The molecule has 0 spiro atoms. The summed E-state index contributed by atoms with van der Waals surface area (Å²) in [6.45, 7) is 0. The largest absolute Gasteiger partial charge is 0.452 e. The van der Waals surface area contributed by atoms with Crippen LogP contribution in [0.5, 0.6) is 0 Å². The molecule has 1 saturated heterocycles. The Balaban J connectivity index is 1.49. The molecule has 0 radical (unpaired) electrons. The summed E-state index contributed by atoms with van der Waals surface area (Å²) in [6, 6.07) is 23.7. The summed E-state index contributed by atoms with van der Waals surface area (Å²) in [5.74, 6) is 0.716. The highest BCUT2D eigenvalue weighted by Crippen LogP contribution is 2.43. The molecule has 1 fully saturated rings. The maximum atomic E-state index is 11.6. The first-order valence-electron chi connectivity index (χ1n) is 10.9. The van der Waals surface area contributed by atoms with Gasteiger partial charge in [-0.15, -0.1) is 0 Å². The third-order valence-electron chi connectivity index (χ3n) is 5.47. The zero-order valence-corrected chi connectivity index (χ0v) is 22.2. The molecule has 4 aromatic rings. The lowest BCUT2D eigenvalue weighted by atomic mass is 10.0. The SMILES string of the molecule is CS(=O)(=O)Nc1ccc(N2C(=S)N[C@@H](c3ccccn3)[C@H]2c2ccc(Sc3ccc(Cl)cc3)o2)cc1. The molecule has 2 aromatic carbocycles. The van der Waals surface area contributed by atoms with Crippen LogP contribution in [0, 0.1) is 0 Å². The van der Waals surface area contributed by atoms with E-state index in [4.69, 9.17) is 28.2 Å². The van der Waals surface area contributed by atoms with Crippen molar-refractivity contribution in [1.29, 1.82) is 0 Å². The first-order chi connectivity index (χ1) is 17.3. The average Bonchev–Trinajstić information content (AvgIpc) is 3.44. The van der Waals surface area contributed by atoms with E-state index in [2.05, 4.69) is 15.0 Å². The molecule has 2 aromatic heterocycles. The van der Waals surface area contributed by atoms with Gasteiger partial charge >= 0.3 is 0 Å². The highest BCUT2D eigenvalue weighted by molar-refractivity contribution is 7.99. The van der Waals surface area contributed by atoms with Crippen molar-refractivity contribution in [3.8, 4) is 0 Å². The molecule has 0 unspecified atom stereocenters. The van der Waals surface area contributed by atoms with Crippen LogP contribution in [0.4, 0.5) is 11.4 Å². The molecule has 0 saturated carbocycles. The third kappa shape index (κ3) is 5.52. The summed E-state index contributed by atoms with van der Waals surface area (Å²) in [5.41, 5.74) is 2.08. The standard InChI is InChI=1S/C25H21ClN4O3S3/c1-36(31,32)29-17-7-9-18(10-8-17)30-24(23(28-25(30)34)20-4-2-3-15-27-20)21-13-14-22(33-21)35-19-11-5-16(26)6-12-19/h2-15,23-24,29H,1H3,(H,28,34)/t23-,24+/m0/s1. The van der Waals surface area contributed by atoms with Crippen LogP contribution in [0.2, 0.25) is 5.02 Å². The fourth-order valence-corrected chi connectivity index (χ4v) is 5.81. The predicted molar refractivity (Wildman–Crippen MR) is 147 cm³/mol. The van der Waals surface area contributed by atoms with Gasteiger partial charge in [0.05, 0.1) is 18.0 Å². The minimum absolute atomic E-state index is 0.257. The number of rotatable bonds is 7. The summed E-state index contributed by atoms with van der Waals surface area (Å²) in [6.07, 6.45) is 2.86. The zero-order chi connectivity index (χ0) is 25.3. The van der Waals surface area contributed by atoms with Crippen molar-refractivity contribution in [2.24, 2.45) is 0 Å². The second kappa shape index (κ2) is 10.1. The first kappa shape index (κ1) is 24.6. The number of hydrogen-bond donors (Lipinski definition) is 2. The Hall–Kier alpha value is -3.05. The molecular weight excluding hydrogens is 536 g/mol. The first-order valence-corrected chi connectivity index (χ1v) is 14.4. The Morgan fingerprint density at radius 2 is 1.81 bits per heavy atom. The van der Waals surface area contributed by atoms with E-state index in [0.717, 1.165) is 27.6 Å². The van der Waals surface area contributed by atoms with E-state index < -0.39 is 10.0 Å². The minimum atomic E-state index is -3.38. The van der Waals surface area contributed by atoms with Gasteiger partial charge in [0.15, 0.2) is 10.2 Å². The number of aromatic nitrogens is 1. The van der Waals surface area contributed by atoms with Crippen molar-refractivity contribution in [3.05, 3.63) is 102 Å². The van der Waals surface area contributed by atoms with Crippen LogP contribution >= 0.6 is 35.6 Å². The molecule has 0 aliphatic carbocycles. The second-order valence-electron chi connectivity index (χ2n) is 8.13. The van der Waals surface area contributed by atoms with Gasteiger partial charge < -0.3 is 14.6 Å². The van der Waals surface area contributed by atoms with E-state index in [-0.39, 0.29) is 12.1 Å². The summed E-state index contributed by atoms with van der Waals surface area (Å²) in [4.78, 5) is 7.53. The van der Waals surface area contributed by atoms with Crippen LogP contribution in [0.15, 0.2) is 99.5 Å². The van der Waals surface area contributed by atoms with Crippen molar-refractivity contribution in [3.63, 3.8) is 0 Å². The number of sulfonamides is 1. The monoisotopic (exact) mass is 556 g/mol. The van der Waals surface area contributed by atoms with Crippen molar-refractivity contribution in [2.75, 3.05) is 15.9 Å². The van der Waals surface area contributed by atoms with Crippen molar-refractivity contribution in [1.82, 2.24) is 10.3 Å². The molecule has 5 rings (SSSR count). The summed E-state index contributed by atoms with van der Waals surface area (Å²) < 4.78 is 32.0. The van der Waals surface area contributed by atoms with Crippen LogP contribution < -0.4 is 14.9 Å². The molecule has 1 aliphatic heterocycles. The minimum Gasteiger partial charge on any atom is -0.452 e. The molecule has 1 aliphatic rings. The van der Waals surface area contributed by atoms with Gasteiger partial charge in [-0.1, -0.05) is 29.4 Å². The number of hydrogen-bond acceptors (Lipinski definition) is 6. The number of nitrogens with zero attached hydrogens (tertiary/aromatic N) is 2. The third-order valence-corrected chi connectivity index (χ3v) is 7.57. The van der Waals surface area contributed by atoms with Crippen LogP contribution in [0.25, 0.3) is 0 Å². The smallest absolute Gasteiger partial charge is 0.229 e. The maximum Gasteiger partial charge on any atom is 0.229 e. The average molecular weight is 557 g/mol. The number of nitrogens with one attached hydrogen (secondary N) is 2. The van der Waals surface area contributed by atoms with Gasteiger partial charge in [-0.25, -0.2) is 8.42 Å². The lowest BCUT2D eigenvalue weighted by Crippen LogP contribution is -2.29. The van der Waals surface area contributed by atoms with E-state index in [9.17, 15) is 8.42 Å². The lowest BCUT2D eigenvalue weighted by Gasteiger charge is -2.26. The molecule has 3 heterocycles. The summed E-state index contributed by atoms with van der Waals surface area (Å²) in [5, 5.41) is 5.31.